The Hall–Kier alpha value is -0.940. The summed E-state index contributed by atoms with van der Waals surface area (Å²) in [5, 5.41) is 3.85. The predicted molar refractivity (Wildman–Crippen MR) is 56.5 cm³/mol. The third-order valence-electron chi connectivity index (χ3n) is 2.12. The molecule has 5 nitrogen and oxygen atoms in total. The molecule has 0 saturated carbocycles. The van der Waals surface area contributed by atoms with E-state index in [9.17, 15) is 0 Å². The van der Waals surface area contributed by atoms with Gasteiger partial charge in [0.2, 0.25) is 5.89 Å². The molecule has 0 aliphatic rings. The Morgan fingerprint density at radius 2 is 2.27 bits per heavy atom. The van der Waals surface area contributed by atoms with E-state index in [1.54, 1.807) is 7.11 Å². The van der Waals surface area contributed by atoms with Gasteiger partial charge in [-0.15, -0.1) is 0 Å². The lowest BCUT2D eigenvalue weighted by atomic mass is 10.4. The zero-order chi connectivity index (χ0) is 11.1. The van der Waals surface area contributed by atoms with Crippen molar-refractivity contribution < 1.29 is 9.26 Å². The second-order valence-electron chi connectivity index (χ2n) is 3.54. The molecule has 1 aromatic heterocycles. The van der Waals surface area contributed by atoms with E-state index in [0.29, 0.717) is 12.4 Å². The maximum absolute atomic E-state index is 5.10. The van der Waals surface area contributed by atoms with Gasteiger partial charge in [-0.3, -0.25) is 4.90 Å². The van der Waals surface area contributed by atoms with Crippen LogP contribution in [0.3, 0.4) is 0 Å². The molecule has 0 amide bonds. The van der Waals surface area contributed by atoms with E-state index in [0.717, 1.165) is 31.8 Å². The largest absolute Gasteiger partial charge is 0.385 e. The smallest absolute Gasteiger partial charge is 0.240 e. The predicted octanol–water partition coefficient (Wildman–Crippen LogP) is 1.10. The maximum Gasteiger partial charge on any atom is 0.240 e. The molecule has 0 aliphatic heterocycles. The molecule has 86 valence electrons. The minimum atomic E-state index is 0.687. The minimum Gasteiger partial charge on any atom is -0.385 e. The average Bonchev–Trinajstić information content (AvgIpc) is 2.66. The molecule has 0 atom stereocenters. The monoisotopic (exact) mass is 213 g/mol. The molecule has 0 bridgehead atoms. The number of hydrogen-bond acceptors (Lipinski definition) is 5. The molecule has 0 unspecified atom stereocenters. The van der Waals surface area contributed by atoms with Crippen molar-refractivity contribution in [1.29, 1.82) is 0 Å². The fourth-order valence-corrected chi connectivity index (χ4v) is 1.29. The van der Waals surface area contributed by atoms with Crippen LogP contribution in [0.1, 0.15) is 25.1 Å². The van der Waals surface area contributed by atoms with Gasteiger partial charge >= 0.3 is 0 Å². The molecular formula is C10H19N3O2. The third kappa shape index (κ3) is 4.40. The van der Waals surface area contributed by atoms with Crippen molar-refractivity contribution in [2.24, 2.45) is 0 Å². The number of nitrogens with zero attached hydrogens (tertiary/aromatic N) is 3. The van der Waals surface area contributed by atoms with Crippen LogP contribution in [0.15, 0.2) is 4.52 Å². The van der Waals surface area contributed by atoms with Crippen molar-refractivity contribution in [3.8, 4) is 0 Å². The van der Waals surface area contributed by atoms with E-state index in [-0.39, 0.29) is 0 Å². The minimum absolute atomic E-state index is 0.687. The first-order valence-corrected chi connectivity index (χ1v) is 5.25. The lowest BCUT2D eigenvalue weighted by Gasteiger charge is -2.12. The first kappa shape index (κ1) is 12.1. The van der Waals surface area contributed by atoms with Crippen molar-refractivity contribution in [2.75, 3.05) is 27.3 Å². The Morgan fingerprint density at radius 3 is 2.87 bits per heavy atom. The fourth-order valence-electron chi connectivity index (χ4n) is 1.29. The van der Waals surface area contributed by atoms with Crippen molar-refractivity contribution in [2.45, 2.75) is 26.3 Å². The van der Waals surface area contributed by atoms with Gasteiger partial charge in [-0.25, -0.2) is 0 Å². The van der Waals surface area contributed by atoms with Gasteiger partial charge in [-0.1, -0.05) is 12.1 Å². The van der Waals surface area contributed by atoms with Crippen LogP contribution < -0.4 is 0 Å². The van der Waals surface area contributed by atoms with Gasteiger partial charge in [0.1, 0.15) is 0 Å². The first-order valence-electron chi connectivity index (χ1n) is 5.25. The molecular weight excluding hydrogens is 194 g/mol. The highest BCUT2D eigenvalue weighted by atomic mass is 16.5. The van der Waals surface area contributed by atoms with E-state index in [1.807, 2.05) is 14.0 Å². The average molecular weight is 213 g/mol. The van der Waals surface area contributed by atoms with E-state index in [1.165, 1.54) is 0 Å². The molecule has 0 saturated heterocycles. The Bertz CT molecular complexity index is 275. The van der Waals surface area contributed by atoms with Crippen LogP contribution in [0.5, 0.6) is 0 Å². The van der Waals surface area contributed by atoms with Gasteiger partial charge in [0.15, 0.2) is 5.82 Å². The Balaban J connectivity index is 2.27. The van der Waals surface area contributed by atoms with Gasteiger partial charge in [-0.05, 0) is 13.5 Å². The van der Waals surface area contributed by atoms with Gasteiger partial charge in [0, 0.05) is 26.7 Å². The van der Waals surface area contributed by atoms with Crippen LogP contribution in [0, 0.1) is 0 Å². The highest BCUT2D eigenvalue weighted by Gasteiger charge is 2.07. The Kier molecular flexibility index (Phi) is 5.28. The molecule has 0 radical (unpaired) electrons. The van der Waals surface area contributed by atoms with Crippen LogP contribution in [0.25, 0.3) is 0 Å². The highest BCUT2D eigenvalue weighted by Crippen LogP contribution is 2.02. The molecule has 1 heterocycles. The van der Waals surface area contributed by atoms with Crippen molar-refractivity contribution in [1.82, 2.24) is 15.0 Å². The van der Waals surface area contributed by atoms with Crippen LogP contribution in [-0.4, -0.2) is 42.3 Å². The zero-order valence-electron chi connectivity index (χ0n) is 9.69. The van der Waals surface area contributed by atoms with Crippen molar-refractivity contribution >= 4 is 0 Å². The molecule has 5 heteroatoms. The molecule has 0 aliphatic carbocycles. The number of methoxy groups -OCH3 is 1. The lowest BCUT2D eigenvalue weighted by molar-refractivity contribution is 0.173. The van der Waals surface area contributed by atoms with Crippen molar-refractivity contribution in [3.05, 3.63) is 11.7 Å². The fraction of sp³-hybridized carbons (Fsp3) is 0.800. The number of aryl methyl sites for hydroxylation is 1. The van der Waals surface area contributed by atoms with Gasteiger partial charge in [-0.2, -0.15) is 4.98 Å². The normalized spacial score (nSPS) is 11.2. The molecule has 0 spiro atoms. The van der Waals surface area contributed by atoms with Crippen LogP contribution in [0.4, 0.5) is 0 Å². The summed E-state index contributed by atoms with van der Waals surface area (Å²) in [5.41, 5.74) is 0. The van der Waals surface area contributed by atoms with Crippen molar-refractivity contribution in [3.63, 3.8) is 0 Å². The highest BCUT2D eigenvalue weighted by molar-refractivity contribution is 4.85. The summed E-state index contributed by atoms with van der Waals surface area (Å²) in [7, 11) is 3.75. The van der Waals surface area contributed by atoms with Crippen LogP contribution in [0.2, 0.25) is 0 Å². The number of ether oxygens (including phenoxy) is 1. The summed E-state index contributed by atoms with van der Waals surface area (Å²) in [5.74, 6) is 1.46. The number of aromatic nitrogens is 2. The summed E-state index contributed by atoms with van der Waals surface area (Å²) < 4.78 is 10.1. The summed E-state index contributed by atoms with van der Waals surface area (Å²) in [6.07, 6.45) is 1.83. The molecule has 0 aromatic carbocycles. The van der Waals surface area contributed by atoms with E-state index >= 15 is 0 Å². The summed E-state index contributed by atoms with van der Waals surface area (Å²) in [6, 6.07) is 0. The summed E-state index contributed by atoms with van der Waals surface area (Å²) >= 11 is 0. The van der Waals surface area contributed by atoms with E-state index in [4.69, 9.17) is 9.26 Å². The second kappa shape index (κ2) is 6.53. The Labute approximate surface area is 90.4 Å². The summed E-state index contributed by atoms with van der Waals surface area (Å²) in [6.45, 7) is 4.47. The lowest BCUT2D eigenvalue weighted by Crippen LogP contribution is -2.20. The summed E-state index contributed by atoms with van der Waals surface area (Å²) in [4.78, 5) is 6.39. The molecule has 1 aromatic rings. The van der Waals surface area contributed by atoms with Gasteiger partial charge in [0.05, 0.1) is 6.54 Å². The van der Waals surface area contributed by atoms with Gasteiger partial charge < -0.3 is 9.26 Å². The zero-order valence-corrected chi connectivity index (χ0v) is 9.69. The molecule has 0 N–H and O–H groups in total. The SMILES string of the molecule is CCc1noc(CN(C)CCCOC)n1. The molecule has 0 fully saturated rings. The van der Waals surface area contributed by atoms with E-state index < -0.39 is 0 Å². The molecule has 15 heavy (non-hydrogen) atoms. The quantitative estimate of drug-likeness (QED) is 0.635. The molecule has 1 rings (SSSR count). The standard InChI is InChI=1S/C10H19N3O2/c1-4-9-11-10(15-12-9)8-13(2)6-5-7-14-3/h4-8H2,1-3H3. The number of hydrogen-bond donors (Lipinski definition) is 0. The third-order valence-corrected chi connectivity index (χ3v) is 2.12. The van der Waals surface area contributed by atoms with Crippen LogP contribution >= 0.6 is 0 Å². The second-order valence-corrected chi connectivity index (χ2v) is 3.54. The van der Waals surface area contributed by atoms with Crippen LogP contribution in [-0.2, 0) is 17.7 Å². The van der Waals surface area contributed by atoms with Gasteiger partial charge in [0.25, 0.3) is 0 Å². The maximum atomic E-state index is 5.10. The first-order chi connectivity index (χ1) is 7.26. The van der Waals surface area contributed by atoms with E-state index in [2.05, 4.69) is 15.0 Å². The number of rotatable bonds is 7. The topological polar surface area (TPSA) is 51.4 Å². The Morgan fingerprint density at radius 1 is 1.47 bits per heavy atom.